The normalized spacial score (nSPS) is 56.4. The molecule has 36 heavy (non-hydrogen) atoms. The molecule has 0 aromatic carbocycles. The van der Waals surface area contributed by atoms with Gasteiger partial charge in [-0.25, -0.2) is 0 Å². The third-order valence-corrected chi connectivity index (χ3v) is 14.8. The molecule has 5 aliphatic rings. The molecule has 4 saturated carbocycles. The Balaban J connectivity index is 1.62. The molecule has 4 fully saturated rings. The summed E-state index contributed by atoms with van der Waals surface area (Å²) in [6.45, 7) is 14.5. The summed E-state index contributed by atoms with van der Waals surface area (Å²) in [6, 6.07) is 0. The van der Waals surface area contributed by atoms with Crippen LogP contribution in [0.15, 0.2) is 11.6 Å². The fraction of sp³-hybridized carbons (Fsp3) is 0.903. The van der Waals surface area contributed by atoms with Crippen LogP contribution in [0.1, 0.15) is 92.9 Å². The minimum Gasteiger partial charge on any atom is -0.469 e. The number of methoxy groups -OCH3 is 1. The maximum Gasteiger partial charge on any atom is 0.312 e. The average Bonchev–Trinajstić information content (AvgIpc) is 2.84. The average molecular weight is 613 g/mol. The van der Waals surface area contributed by atoms with Crippen molar-refractivity contribution in [3.63, 3.8) is 0 Å². The summed E-state index contributed by atoms with van der Waals surface area (Å²) in [5, 5.41) is 21.8. The molecule has 12 atom stereocenters. The van der Waals surface area contributed by atoms with E-state index in [0.717, 1.165) is 51.4 Å². The number of fused-ring (bicyclic) bond motifs is 7. The fourth-order valence-electron chi connectivity index (χ4n) is 11.1. The Morgan fingerprint density at radius 3 is 2.42 bits per heavy atom. The van der Waals surface area contributed by atoms with Crippen LogP contribution < -0.4 is 0 Å². The molecule has 0 bridgehead atoms. The SMILES string of the molecule is COC(=O)[C@]12CC[C@@H](C)[C@H](C)C1C1=CCC3[C@@]4(C)CC(I)C(O)[C@](C)(CO)C4CC[C@@]3(C)[C@]1(C)CC2. The number of alkyl halides is 1. The lowest BCUT2D eigenvalue weighted by Gasteiger charge is -2.71. The van der Waals surface area contributed by atoms with Crippen LogP contribution >= 0.6 is 22.6 Å². The highest BCUT2D eigenvalue weighted by Crippen LogP contribution is 2.76. The van der Waals surface area contributed by atoms with E-state index in [-0.39, 0.29) is 44.1 Å². The minimum atomic E-state index is -0.462. The van der Waals surface area contributed by atoms with Crippen LogP contribution in [0, 0.1) is 56.7 Å². The highest BCUT2D eigenvalue weighted by Gasteiger charge is 2.70. The fourth-order valence-corrected chi connectivity index (χ4v) is 12.9. The lowest BCUT2D eigenvalue weighted by Crippen LogP contribution is -2.67. The Labute approximate surface area is 232 Å². The first-order valence-corrected chi connectivity index (χ1v) is 15.7. The highest BCUT2D eigenvalue weighted by molar-refractivity contribution is 14.1. The number of aliphatic hydroxyl groups excluding tert-OH is 2. The number of hydrogen-bond acceptors (Lipinski definition) is 4. The summed E-state index contributed by atoms with van der Waals surface area (Å²) >= 11 is 2.45. The van der Waals surface area contributed by atoms with Gasteiger partial charge >= 0.3 is 5.97 Å². The first kappa shape index (κ1) is 27.4. The van der Waals surface area contributed by atoms with Crippen molar-refractivity contribution in [1.29, 1.82) is 0 Å². The third-order valence-electron chi connectivity index (χ3n) is 13.6. The molecule has 0 amide bonds. The Hall–Kier alpha value is -0.140. The van der Waals surface area contributed by atoms with Gasteiger partial charge in [0.15, 0.2) is 0 Å². The van der Waals surface area contributed by atoms with Gasteiger partial charge in [0.25, 0.3) is 0 Å². The summed E-state index contributed by atoms with van der Waals surface area (Å²) in [7, 11) is 1.58. The molecular formula is C31H49IO4. The van der Waals surface area contributed by atoms with Crippen molar-refractivity contribution in [3.8, 4) is 0 Å². The number of rotatable bonds is 2. The van der Waals surface area contributed by atoms with Crippen molar-refractivity contribution in [2.75, 3.05) is 13.7 Å². The van der Waals surface area contributed by atoms with E-state index in [9.17, 15) is 15.0 Å². The van der Waals surface area contributed by atoms with Gasteiger partial charge in [-0.3, -0.25) is 4.79 Å². The van der Waals surface area contributed by atoms with Crippen molar-refractivity contribution in [1.82, 2.24) is 0 Å². The highest BCUT2D eigenvalue weighted by atomic mass is 127. The van der Waals surface area contributed by atoms with Crippen LogP contribution in [0.4, 0.5) is 0 Å². The summed E-state index contributed by atoms with van der Waals surface area (Å²) < 4.78 is 5.66. The van der Waals surface area contributed by atoms with Crippen molar-refractivity contribution in [2.45, 2.75) is 103 Å². The molecule has 5 rings (SSSR count). The van der Waals surface area contributed by atoms with Gasteiger partial charge in [-0.2, -0.15) is 0 Å². The van der Waals surface area contributed by atoms with E-state index in [1.807, 2.05) is 0 Å². The number of hydrogen-bond donors (Lipinski definition) is 2. The van der Waals surface area contributed by atoms with E-state index in [1.165, 1.54) is 0 Å². The Morgan fingerprint density at radius 1 is 1.08 bits per heavy atom. The second-order valence-corrected chi connectivity index (χ2v) is 16.2. The molecule has 0 heterocycles. The smallest absolute Gasteiger partial charge is 0.312 e. The van der Waals surface area contributed by atoms with Gasteiger partial charge in [-0.1, -0.05) is 75.8 Å². The number of esters is 1. The number of ether oxygens (including phenoxy) is 1. The van der Waals surface area contributed by atoms with Crippen molar-refractivity contribution in [2.24, 2.45) is 56.7 Å². The number of halogens is 1. The van der Waals surface area contributed by atoms with Gasteiger partial charge in [0, 0.05) is 9.34 Å². The molecule has 2 N–H and O–H groups in total. The lowest BCUT2D eigenvalue weighted by molar-refractivity contribution is -0.214. The molecule has 5 heteroatoms. The Kier molecular flexibility index (Phi) is 6.61. The third kappa shape index (κ3) is 3.20. The summed E-state index contributed by atoms with van der Waals surface area (Å²) in [5.41, 5.74) is 1.01. The van der Waals surface area contributed by atoms with Gasteiger partial charge < -0.3 is 14.9 Å². The minimum absolute atomic E-state index is 0.0184. The summed E-state index contributed by atoms with van der Waals surface area (Å²) in [5.74, 6) is 2.19. The van der Waals surface area contributed by atoms with Crippen molar-refractivity contribution in [3.05, 3.63) is 11.6 Å². The van der Waals surface area contributed by atoms with Gasteiger partial charge in [-0.15, -0.1) is 0 Å². The van der Waals surface area contributed by atoms with Gasteiger partial charge in [0.1, 0.15) is 0 Å². The zero-order chi connectivity index (χ0) is 26.5. The van der Waals surface area contributed by atoms with Gasteiger partial charge in [0.05, 0.1) is 25.2 Å². The van der Waals surface area contributed by atoms with E-state index in [4.69, 9.17) is 4.74 Å². The quantitative estimate of drug-likeness (QED) is 0.160. The van der Waals surface area contributed by atoms with Crippen LogP contribution in [-0.4, -0.2) is 39.9 Å². The van der Waals surface area contributed by atoms with E-state index in [2.05, 4.69) is 70.2 Å². The first-order chi connectivity index (χ1) is 16.8. The molecule has 0 radical (unpaired) electrons. The number of aliphatic hydroxyl groups is 2. The van der Waals surface area contributed by atoms with E-state index in [0.29, 0.717) is 23.7 Å². The number of allylic oxidation sites excluding steroid dienone is 2. The molecule has 0 spiro atoms. The van der Waals surface area contributed by atoms with Gasteiger partial charge in [0.2, 0.25) is 0 Å². The van der Waals surface area contributed by atoms with E-state index in [1.54, 1.807) is 12.7 Å². The summed E-state index contributed by atoms with van der Waals surface area (Å²) in [4.78, 5) is 13.4. The maximum atomic E-state index is 13.4. The molecule has 204 valence electrons. The van der Waals surface area contributed by atoms with Crippen LogP contribution in [-0.2, 0) is 9.53 Å². The molecule has 0 aliphatic heterocycles. The first-order valence-electron chi connectivity index (χ1n) is 14.5. The molecule has 0 saturated heterocycles. The lowest BCUT2D eigenvalue weighted by atomic mass is 9.33. The number of carbonyl (C=O) groups excluding carboxylic acids is 1. The zero-order valence-corrected chi connectivity index (χ0v) is 25.7. The largest absolute Gasteiger partial charge is 0.469 e. The zero-order valence-electron chi connectivity index (χ0n) is 23.6. The maximum absolute atomic E-state index is 13.4. The van der Waals surface area contributed by atoms with Crippen molar-refractivity contribution >= 4 is 28.6 Å². The number of carbonyl (C=O) groups is 1. The molecule has 0 aromatic heterocycles. The van der Waals surface area contributed by atoms with Crippen LogP contribution in [0.5, 0.6) is 0 Å². The van der Waals surface area contributed by atoms with Crippen LogP contribution in [0.3, 0.4) is 0 Å². The monoisotopic (exact) mass is 612 g/mol. The predicted octanol–water partition coefficient (Wildman–Crippen LogP) is 6.56. The van der Waals surface area contributed by atoms with Crippen LogP contribution in [0.25, 0.3) is 0 Å². The standard InChI is InChI=1S/C31H49IO4/c1-18-10-13-31(26(35)36-7)15-14-29(5)20(24(31)19(18)2)8-9-23-27(3)16-21(32)25(34)28(4,17-33)22(27)11-12-30(23,29)6/h8,18-19,21-25,33-34H,9-17H2,1-7H3/t18-,19+,21?,22?,23?,24?,25?,27+,28-,29-,30-,31+/m1/s1. The topological polar surface area (TPSA) is 66.8 Å². The predicted molar refractivity (Wildman–Crippen MR) is 152 cm³/mol. The van der Waals surface area contributed by atoms with E-state index < -0.39 is 11.5 Å². The second-order valence-electron chi connectivity index (χ2n) is 14.6. The van der Waals surface area contributed by atoms with Crippen molar-refractivity contribution < 1.29 is 19.7 Å². The molecule has 5 unspecified atom stereocenters. The summed E-state index contributed by atoms with van der Waals surface area (Å²) in [6.07, 6.45) is 10.4. The molecular weight excluding hydrogens is 563 g/mol. The Morgan fingerprint density at radius 2 is 1.78 bits per heavy atom. The molecule has 5 aliphatic carbocycles. The van der Waals surface area contributed by atoms with Gasteiger partial charge in [-0.05, 0) is 97.2 Å². The Bertz CT molecular complexity index is 949. The van der Waals surface area contributed by atoms with E-state index >= 15 is 0 Å². The van der Waals surface area contributed by atoms with Crippen LogP contribution in [0.2, 0.25) is 0 Å². The molecule has 4 nitrogen and oxygen atoms in total. The molecule has 0 aromatic rings. The second kappa shape index (κ2) is 8.68.